The number of nitrogens with zero attached hydrogens (tertiary/aromatic N) is 1. The number of nitrogen functional groups attached to an aromatic ring is 1. The third-order valence-corrected chi connectivity index (χ3v) is 4.58. The van der Waals surface area contributed by atoms with Crippen LogP contribution in [0, 0.1) is 6.92 Å². The molecule has 3 rings (SSSR count). The highest BCUT2D eigenvalue weighted by Gasteiger charge is 2.28. The highest BCUT2D eigenvalue weighted by atomic mass is 35.5. The van der Waals surface area contributed by atoms with Crippen molar-refractivity contribution in [2.75, 3.05) is 25.5 Å². The number of aryl methyl sites for hydroxylation is 1. The highest BCUT2D eigenvalue weighted by molar-refractivity contribution is 5.96. The molecule has 1 saturated heterocycles. The molecule has 0 radical (unpaired) electrons. The van der Waals surface area contributed by atoms with E-state index in [4.69, 9.17) is 10.5 Å². The van der Waals surface area contributed by atoms with Crippen LogP contribution in [0.5, 0.6) is 0 Å². The van der Waals surface area contributed by atoms with Crippen LogP contribution in [0.4, 0.5) is 5.69 Å². The fourth-order valence-corrected chi connectivity index (χ4v) is 3.14. The van der Waals surface area contributed by atoms with E-state index in [0.717, 1.165) is 25.0 Å². The summed E-state index contributed by atoms with van der Waals surface area (Å²) in [6.45, 7) is 3.97. The van der Waals surface area contributed by atoms with E-state index in [1.807, 2.05) is 42.2 Å². The van der Waals surface area contributed by atoms with Crippen molar-refractivity contribution in [1.29, 1.82) is 0 Å². The van der Waals surface area contributed by atoms with Crippen LogP contribution in [-0.2, 0) is 11.2 Å². The van der Waals surface area contributed by atoms with E-state index in [0.29, 0.717) is 24.4 Å². The summed E-state index contributed by atoms with van der Waals surface area (Å²) in [5.74, 6) is 0.0474. The van der Waals surface area contributed by atoms with Gasteiger partial charge in [0.1, 0.15) is 0 Å². The van der Waals surface area contributed by atoms with Crippen molar-refractivity contribution in [1.82, 2.24) is 4.90 Å². The minimum atomic E-state index is 0. The number of amides is 1. The SMILES string of the molecule is Cc1ccc(N)cc1C(=O)N(CCc1ccccc1)C1CCOC1.Cl. The number of benzene rings is 2. The van der Waals surface area contributed by atoms with Crippen LogP contribution in [0.3, 0.4) is 0 Å². The van der Waals surface area contributed by atoms with Gasteiger partial charge < -0.3 is 15.4 Å². The highest BCUT2D eigenvalue weighted by Crippen LogP contribution is 2.20. The third kappa shape index (κ3) is 4.74. The first-order chi connectivity index (χ1) is 11.6. The zero-order valence-corrected chi connectivity index (χ0v) is 15.3. The second-order valence-electron chi connectivity index (χ2n) is 6.33. The van der Waals surface area contributed by atoms with Crippen LogP contribution in [0.15, 0.2) is 48.5 Å². The Kier molecular flexibility index (Phi) is 6.85. The molecule has 0 aliphatic carbocycles. The van der Waals surface area contributed by atoms with Gasteiger partial charge in [-0.15, -0.1) is 12.4 Å². The van der Waals surface area contributed by atoms with Crippen LogP contribution in [0.2, 0.25) is 0 Å². The van der Waals surface area contributed by atoms with Crippen LogP contribution < -0.4 is 5.73 Å². The van der Waals surface area contributed by atoms with Crippen molar-refractivity contribution in [2.24, 2.45) is 0 Å². The van der Waals surface area contributed by atoms with Gasteiger partial charge in [-0.1, -0.05) is 36.4 Å². The number of carbonyl (C=O) groups excluding carboxylic acids is 1. The largest absolute Gasteiger partial charge is 0.399 e. The van der Waals surface area contributed by atoms with E-state index >= 15 is 0 Å². The second kappa shape index (κ2) is 8.88. The Balaban J connectivity index is 0.00000225. The first kappa shape index (κ1) is 19.3. The lowest BCUT2D eigenvalue weighted by Gasteiger charge is -2.29. The topological polar surface area (TPSA) is 55.6 Å². The average Bonchev–Trinajstić information content (AvgIpc) is 3.12. The number of ether oxygens (including phenoxy) is 1. The number of carbonyl (C=O) groups is 1. The van der Waals surface area contributed by atoms with Crippen LogP contribution in [-0.4, -0.2) is 36.6 Å². The van der Waals surface area contributed by atoms with Gasteiger partial charge in [0.2, 0.25) is 0 Å². The van der Waals surface area contributed by atoms with Gasteiger partial charge in [-0.25, -0.2) is 0 Å². The fraction of sp³-hybridized carbons (Fsp3) is 0.350. The summed E-state index contributed by atoms with van der Waals surface area (Å²) in [6.07, 6.45) is 1.73. The zero-order chi connectivity index (χ0) is 16.9. The lowest BCUT2D eigenvalue weighted by Crippen LogP contribution is -2.42. The normalized spacial score (nSPS) is 16.3. The summed E-state index contributed by atoms with van der Waals surface area (Å²) in [6, 6.07) is 15.9. The molecular weight excluding hydrogens is 336 g/mol. The molecule has 0 bridgehead atoms. The quantitative estimate of drug-likeness (QED) is 0.830. The zero-order valence-electron chi connectivity index (χ0n) is 14.5. The lowest BCUT2D eigenvalue weighted by atomic mass is 10.0. The monoisotopic (exact) mass is 360 g/mol. The van der Waals surface area contributed by atoms with Crippen molar-refractivity contribution >= 4 is 24.0 Å². The Labute approximate surface area is 155 Å². The summed E-state index contributed by atoms with van der Waals surface area (Å²) in [7, 11) is 0. The Hall–Kier alpha value is -2.04. The van der Waals surface area contributed by atoms with Gasteiger partial charge in [-0.05, 0) is 43.0 Å². The smallest absolute Gasteiger partial charge is 0.254 e. The molecule has 134 valence electrons. The van der Waals surface area contributed by atoms with Crippen LogP contribution in [0.1, 0.15) is 27.9 Å². The molecule has 1 amide bonds. The van der Waals surface area contributed by atoms with E-state index in [-0.39, 0.29) is 24.4 Å². The predicted octanol–water partition coefficient (Wildman–Crippen LogP) is 3.47. The van der Waals surface area contributed by atoms with E-state index in [1.165, 1.54) is 5.56 Å². The molecule has 1 fully saturated rings. The first-order valence-electron chi connectivity index (χ1n) is 8.44. The second-order valence-corrected chi connectivity index (χ2v) is 6.33. The number of rotatable bonds is 5. The molecule has 1 aliphatic rings. The van der Waals surface area contributed by atoms with Crippen molar-refractivity contribution in [2.45, 2.75) is 25.8 Å². The maximum Gasteiger partial charge on any atom is 0.254 e. The minimum absolute atomic E-state index is 0. The number of anilines is 1. The minimum Gasteiger partial charge on any atom is -0.399 e. The summed E-state index contributed by atoms with van der Waals surface area (Å²) in [4.78, 5) is 15.1. The summed E-state index contributed by atoms with van der Waals surface area (Å²) in [5, 5.41) is 0. The summed E-state index contributed by atoms with van der Waals surface area (Å²) < 4.78 is 5.51. The fourth-order valence-electron chi connectivity index (χ4n) is 3.14. The summed E-state index contributed by atoms with van der Waals surface area (Å²) >= 11 is 0. The molecule has 5 heteroatoms. The molecule has 1 aliphatic heterocycles. The lowest BCUT2D eigenvalue weighted by molar-refractivity contribution is 0.0655. The van der Waals surface area contributed by atoms with Gasteiger partial charge in [0.05, 0.1) is 12.6 Å². The van der Waals surface area contributed by atoms with Crippen molar-refractivity contribution in [3.63, 3.8) is 0 Å². The molecule has 2 aromatic rings. The Bertz CT molecular complexity index is 700. The molecule has 0 aromatic heterocycles. The molecule has 1 unspecified atom stereocenters. The molecule has 25 heavy (non-hydrogen) atoms. The number of halogens is 1. The van der Waals surface area contributed by atoms with Gasteiger partial charge >= 0.3 is 0 Å². The maximum absolute atomic E-state index is 13.1. The third-order valence-electron chi connectivity index (χ3n) is 4.58. The molecule has 1 heterocycles. The standard InChI is InChI=1S/C20H24N2O2.ClH/c1-15-7-8-17(21)13-19(15)20(23)22(18-10-12-24-14-18)11-9-16-5-3-2-4-6-16;/h2-8,13,18H,9-12,14,21H2,1H3;1H. The van der Waals surface area contributed by atoms with E-state index < -0.39 is 0 Å². The maximum atomic E-state index is 13.1. The van der Waals surface area contributed by atoms with Gasteiger partial charge in [0.15, 0.2) is 0 Å². The molecule has 1 atom stereocenters. The molecule has 4 nitrogen and oxygen atoms in total. The average molecular weight is 361 g/mol. The van der Waals surface area contributed by atoms with Crippen molar-refractivity contribution < 1.29 is 9.53 Å². The molecule has 0 saturated carbocycles. The van der Waals surface area contributed by atoms with Crippen molar-refractivity contribution in [3.8, 4) is 0 Å². The molecular formula is C20H25ClN2O2. The molecule has 2 aromatic carbocycles. The molecule has 0 spiro atoms. The number of hydrogen-bond acceptors (Lipinski definition) is 3. The van der Waals surface area contributed by atoms with Gasteiger partial charge in [0, 0.05) is 24.4 Å². The van der Waals surface area contributed by atoms with Crippen LogP contribution >= 0.6 is 12.4 Å². The first-order valence-corrected chi connectivity index (χ1v) is 8.44. The Morgan fingerprint density at radius 1 is 1.24 bits per heavy atom. The van der Waals surface area contributed by atoms with E-state index in [2.05, 4.69) is 12.1 Å². The Morgan fingerprint density at radius 2 is 2.00 bits per heavy atom. The van der Waals surface area contributed by atoms with Crippen molar-refractivity contribution in [3.05, 3.63) is 65.2 Å². The van der Waals surface area contributed by atoms with Gasteiger partial charge in [-0.3, -0.25) is 4.79 Å². The predicted molar refractivity (Wildman–Crippen MR) is 103 cm³/mol. The number of hydrogen-bond donors (Lipinski definition) is 1. The van der Waals surface area contributed by atoms with Gasteiger partial charge in [-0.2, -0.15) is 0 Å². The Morgan fingerprint density at radius 3 is 2.68 bits per heavy atom. The molecule has 2 N–H and O–H groups in total. The van der Waals surface area contributed by atoms with E-state index in [1.54, 1.807) is 6.07 Å². The van der Waals surface area contributed by atoms with Gasteiger partial charge in [0.25, 0.3) is 5.91 Å². The van der Waals surface area contributed by atoms with E-state index in [9.17, 15) is 4.79 Å². The number of nitrogens with two attached hydrogens (primary N) is 1. The van der Waals surface area contributed by atoms with Crippen LogP contribution in [0.25, 0.3) is 0 Å². The summed E-state index contributed by atoms with van der Waals surface area (Å²) in [5.41, 5.74) is 9.39.